The van der Waals surface area contributed by atoms with E-state index in [0.29, 0.717) is 5.75 Å². The number of hydrogen-bond acceptors (Lipinski definition) is 3. The topological polar surface area (TPSA) is 37.4 Å². The first-order chi connectivity index (χ1) is 9.14. The van der Waals surface area contributed by atoms with E-state index < -0.39 is 9.84 Å². The Balaban J connectivity index is 1.89. The van der Waals surface area contributed by atoms with Gasteiger partial charge in [-0.1, -0.05) is 24.3 Å². The number of rotatable bonds is 1. The third-order valence-corrected chi connectivity index (χ3v) is 7.55. The fourth-order valence-corrected chi connectivity index (χ4v) is 6.88. The van der Waals surface area contributed by atoms with E-state index in [9.17, 15) is 8.42 Å². The van der Waals surface area contributed by atoms with Gasteiger partial charge < -0.3 is 0 Å². The molecule has 2 fully saturated rings. The molecule has 1 aromatic carbocycles. The van der Waals surface area contributed by atoms with Crippen molar-refractivity contribution in [2.45, 2.75) is 36.5 Å². The Morgan fingerprint density at radius 3 is 2.63 bits per heavy atom. The average Bonchev–Trinajstić information content (AvgIpc) is 2.91. The van der Waals surface area contributed by atoms with Crippen molar-refractivity contribution in [2.24, 2.45) is 0 Å². The molecule has 4 heteroatoms. The largest absolute Gasteiger partial charge is 0.292 e. The van der Waals surface area contributed by atoms with Crippen LogP contribution in [0.1, 0.15) is 30.4 Å². The third kappa shape index (κ3) is 1.44. The van der Waals surface area contributed by atoms with Crippen LogP contribution in [0.4, 0.5) is 0 Å². The van der Waals surface area contributed by atoms with Crippen LogP contribution >= 0.6 is 0 Å². The lowest BCUT2D eigenvalue weighted by Gasteiger charge is -2.57. The van der Waals surface area contributed by atoms with Crippen LogP contribution in [0.15, 0.2) is 24.3 Å². The van der Waals surface area contributed by atoms with Crippen LogP contribution in [0.2, 0.25) is 0 Å². The zero-order valence-electron chi connectivity index (χ0n) is 11.0. The molecule has 0 N–H and O–H groups in total. The van der Waals surface area contributed by atoms with E-state index in [2.05, 4.69) is 29.2 Å². The number of aryl methyl sites for hydroxylation is 1. The van der Waals surface area contributed by atoms with E-state index in [0.717, 1.165) is 25.9 Å². The van der Waals surface area contributed by atoms with Crippen molar-refractivity contribution >= 4 is 9.84 Å². The Morgan fingerprint density at radius 1 is 1.16 bits per heavy atom. The van der Waals surface area contributed by atoms with Gasteiger partial charge >= 0.3 is 0 Å². The number of likely N-dealkylation sites (tertiary alicyclic amines) is 1. The van der Waals surface area contributed by atoms with Gasteiger partial charge in [-0.15, -0.1) is 0 Å². The second-order valence-electron chi connectivity index (χ2n) is 6.11. The summed E-state index contributed by atoms with van der Waals surface area (Å²) in [4.78, 5) is 2.46. The van der Waals surface area contributed by atoms with Gasteiger partial charge in [-0.3, -0.25) is 4.90 Å². The summed E-state index contributed by atoms with van der Waals surface area (Å²) >= 11 is 0. The molecule has 2 saturated heterocycles. The number of hydrogen-bond donors (Lipinski definition) is 0. The second-order valence-corrected chi connectivity index (χ2v) is 8.29. The first-order valence-corrected chi connectivity index (χ1v) is 8.91. The highest BCUT2D eigenvalue weighted by atomic mass is 32.2. The van der Waals surface area contributed by atoms with Crippen molar-refractivity contribution < 1.29 is 8.42 Å². The van der Waals surface area contributed by atoms with Gasteiger partial charge in [0.1, 0.15) is 0 Å². The number of benzene rings is 1. The van der Waals surface area contributed by atoms with Crippen LogP contribution in [0.25, 0.3) is 0 Å². The predicted octanol–water partition coefficient (Wildman–Crippen LogP) is 1.72. The van der Waals surface area contributed by atoms with Crippen molar-refractivity contribution in [1.29, 1.82) is 0 Å². The molecule has 0 saturated carbocycles. The number of sulfone groups is 1. The van der Waals surface area contributed by atoms with E-state index in [-0.39, 0.29) is 10.8 Å². The normalized spacial score (nSPS) is 36.3. The Labute approximate surface area is 114 Å². The maximum atomic E-state index is 12.2. The molecule has 3 aliphatic rings. The molecule has 2 heterocycles. The summed E-state index contributed by atoms with van der Waals surface area (Å²) in [5.74, 6) is 0.335. The van der Waals surface area contributed by atoms with Crippen molar-refractivity contribution in [3.8, 4) is 0 Å². The molecule has 4 rings (SSSR count). The van der Waals surface area contributed by atoms with Crippen molar-refractivity contribution in [3.63, 3.8) is 0 Å². The number of fused-ring (bicyclic) bond motifs is 3. The number of nitrogens with zero attached hydrogens (tertiary/aromatic N) is 1. The summed E-state index contributed by atoms with van der Waals surface area (Å²) in [7, 11) is -2.86. The van der Waals surface area contributed by atoms with Gasteiger partial charge in [0.25, 0.3) is 0 Å². The van der Waals surface area contributed by atoms with Gasteiger partial charge in [-0.05, 0) is 49.9 Å². The standard InChI is InChI=1S/C15H19NO2S/c17-19(18)11-15(16-9-3-4-10-16)13-6-2-1-5-12(13)7-8-14(15)19/h1-2,5-6,14H,3-4,7-11H2. The Bertz CT molecular complexity index is 619. The average molecular weight is 277 g/mol. The SMILES string of the molecule is O=S1(=O)CC2(N3CCCC3)c3ccccc3CCC21. The summed E-state index contributed by atoms with van der Waals surface area (Å²) in [6.45, 7) is 2.11. The monoisotopic (exact) mass is 277 g/mol. The van der Waals surface area contributed by atoms with Crippen LogP contribution in [-0.4, -0.2) is 37.4 Å². The smallest absolute Gasteiger partial charge is 0.157 e. The zero-order chi connectivity index (χ0) is 13.1. The van der Waals surface area contributed by atoms with Crippen molar-refractivity contribution in [3.05, 3.63) is 35.4 Å². The van der Waals surface area contributed by atoms with Gasteiger partial charge in [0.05, 0.1) is 16.5 Å². The highest BCUT2D eigenvalue weighted by Gasteiger charge is 2.63. The first-order valence-electron chi connectivity index (χ1n) is 7.20. The lowest BCUT2D eigenvalue weighted by atomic mass is 9.75. The lowest BCUT2D eigenvalue weighted by Crippen LogP contribution is -2.70. The van der Waals surface area contributed by atoms with Crippen molar-refractivity contribution in [2.75, 3.05) is 18.8 Å². The van der Waals surface area contributed by atoms with Crippen LogP contribution < -0.4 is 0 Å². The summed E-state index contributed by atoms with van der Waals surface area (Å²) in [5.41, 5.74) is 2.47. The molecule has 19 heavy (non-hydrogen) atoms. The van der Waals surface area contributed by atoms with Crippen LogP contribution in [0.5, 0.6) is 0 Å². The third-order valence-electron chi connectivity index (χ3n) is 5.22. The fourth-order valence-electron chi connectivity index (χ4n) is 4.40. The highest BCUT2D eigenvalue weighted by Crippen LogP contribution is 2.52. The summed E-state index contributed by atoms with van der Waals surface area (Å²) < 4.78 is 24.4. The molecule has 1 aliphatic carbocycles. The molecular formula is C15H19NO2S. The molecule has 2 aliphatic heterocycles. The molecule has 1 aromatic rings. The first kappa shape index (κ1) is 11.9. The van der Waals surface area contributed by atoms with Crippen molar-refractivity contribution in [1.82, 2.24) is 4.90 Å². The van der Waals surface area contributed by atoms with Gasteiger partial charge in [0.15, 0.2) is 9.84 Å². The molecule has 0 spiro atoms. The van der Waals surface area contributed by atoms with Gasteiger partial charge in [-0.25, -0.2) is 8.42 Å². The second kappa shape index (κ2) is 3.83. The minimum Gasteiger partial charge on any atom is -0.292 e. The van der Waals surface area contributed by atoms with E-state index >= 15 is 0 Å². The van der Waals surface area contributed by atoms with Crippen LogP contribution in [0.3, 0.4) is 0 Å². The van der Waals surface area contributed by atoms with Crippen LogP contribution in [-0.2, 0) is 21.8 Å². The zero-order valence-corrected chi connectivity index (χ0v) is 11.8. The minimum absolute atomic E-state index is 0.159. The van der Waals surface area contributed by atoms with E-state index in [1.54, 1.807) is 0 Å². The fraction of sp³-hybridized carbons (Fsp3) is 0.600. The molecule has 0 bridgehead atoms. The van der Waals surface area contributed by atoms with Gasteiger partial charge in [-0.2, -0.15) is 0 Å². The molecule has 0 aromatic heterocycles. The predicted molar refractivity (Wildman–Crippen MR) is 74.8 cm³/mol. The van der Waals surface area contributed by atoms with E-state index in [1.807, 2.05) is 0 Å². The van der Waals surface area contributed by atoms with E-state index in [4.69, 9.17) is 0 Å². The highest BCUT2D eigenvalue weighted by molar-refractivity contribution is 7.93. The Kier molecular flexibility index (Phi) is 2.40. The van der Waals surface area contributed by atoms with Gasteiger partial charge in [0, 0.05) is 0 Å². The molecule has 2 atom stereocenters. The molecular weight excluding hydrogens is 258 g/mol. The minimum atomic E-state index is -2.86. The van der Waals surface area contributed by atoms with Crippen LogP contribution in [0, 0.1) is 0 Å². The maximum Gasteiger partial charge on any atom is 0.157 e. The lowest BCUT2D eigenvalue weighted by molar-refractivity contribution is 0.0990. The van der Waals surface area contributed by atoms with Gasteiger partial charge in [0.2, 0.25) is 0 Å². The molecule has 0 amide bonds. The molecule has 102 valence electrons. The summed E-state index contributed by atoms with van der Waals surface area (Å²) in [6, 6.07) is 8.47. The summed E-state index contributed by atoms with van der Waals surface area (Å²) in [6.07, 6.45) is 4.12. The Hall–Kier alpha value is -0.870. The van der Waals surface area contributed by atoms with E-state index in [1.165, 1.54) is 24.0 Å². The molecule has 0 radical (unpaired) electrons. The Morgan fingerprint density at radius 2 is 1.89 bits per heavy atom. The molecule has 2 unspecified atom stereocenters. The molecule has 3 nitrogen and oxygen atoms in total. The quantitative estimate of drug-likeness (QED) is 0.784. The summed E-state index contributed by atoms with van der Waals surface area (Å²) in [5, 5.41) is -0.159. The maximum absolute atomic E-state index is 12.2.